The fraction of sp³-hybridized carbons (Fsp3) is 0.607. The van der Waals surface area contributed by atoms with Crippen LogP contribution in [0, 0.1) is 18.8 Å². The Labute approximate surface area is 223 Å². The molecule has 202 valence electrons. The Kier molecular flexibility index (Phi) is 8.02. The van der Waals surface area contributed by atoms with E-state index in [1.807, 2.05) is 26.0 Å². The number of rotatable bonds is 11. The average molecular weight is 533 g/mol. The van der Waals surface area contributed by atoms with Gasteiger partial charge in [0, 0.05) is 19.7 Å². The van der Waals surface area contributed by atoms with E-state index < -0.39 is 35.0 Å². The molecule has 5 atom stereocenters. The van der Waals surface area contributed by atoms with Crippen LogP contribution in [0.2, 0.25) is 5.02 Å². The molecule has 3 aliphatic heterocycles. The van der Waals surface area contributed by atoms with Crippen LogP contribution in [0.1, 0.15) is 51.5 Å². The van der Waals surface area contributed by atoms with Crippen molar-refractivity contribution in [2.45, 2.75) is 70.1 Å². The topological polar surface area (TPSA) is 96.4 Å². The Morgan fingerprint density at radius 3 is 2.70 bits per heavy atom. The Hall–Kier alpha value is -2.42. The number of fused-ring (bicyclic) bond motifs is 1. The van der Waals surface area contributed by atoms with Gasteiger partial charge in [0.15, 0.2) is 0 Å². The molecule has 37 heavy (non-hydrogen) atoms. The molecule has 3 heterocycles. The highest BCUT2D eigenvalue weighted by molar-refractivity contribution is 6.34. The molecule has 0 aliphatic carbocycles. The van der Waals surface area contributed by atoms with Crippen LogP contribution in [-0.4, -0.2) is 71.3 Å². The lowest BCUT2D eigenvalue weighted by atomic mass is 9.65. The molecule has 3 fully saturated rings. The fourth-order valence-corrected chi connectivity index (χ4v) is 7.08. The number of halogens is 1. The summed E-state index contributed by atoms with van der Waals surface area (Å²) < 4.78 is 12.2. The van der Waals surface area contributed by atoms with Crippen LogP contribution in [0.15, 0.2) is 30.9 Å². The number of carbonyl (C=O) groups is 3. The van der Waals surface area contributed by atoms with E-state index in [1.54, 1.807) is 28.9 Å². The van der Waals surface area contributed by atoms with E-state index in [-0.39, 0.29) is 38.1 Å². The fourth-order valence-electron chi connectivity index (χ4n) is 6.76. The molecule has 1 aromatic carbocycles. The third kappa shape index (κ3) is 4.27. The number of aryl methyl sites for hydroxylation is 1. The number of unbranched alkanes of at least 4 members (excludes halogenated alkanes) is 1. The molecular formula is C28H37ClN2O6. The predicted molar refractivity (Wildman–Crippen MR) is 140 cm³/mol. The van der Waals surface area contributed by atoms with Crippen LogP contribution in [0.5, 0.6) is 0 Å². The summed E-state index contributed by atoms with van der Waals surface area (Å²) in [7, 11) is 0. The number of benzene rings is 1. The molecule has 1 aromatic rings. The van der Waals surface area contributed by atoms with Crippen LogP contribution in [0.25, 0.3) is 0 Å². The number of likely N-dealkylation sites (tertiary alicyclic amines) is 1. The summed E-state index contributed by atoms with van der Waals surface area (Å²) >= 11 is 6.58. The zero-order valence-corrected chi connectivity index (χ0v) is 22.6. The molecule has 1 spiro atoms. The van der Waals surface area contributed by atoms with Gasteiger partial charge < -0.3 is 24.4 Å². The molecule has 3 saturated heterocycles. The maximum atomic E-state index is 14.5. The molecular weight excluding hydrogens is 496 g/mol. The van der Waals surface area contributed by atoms with Crippen molar-refractivity contribution in [2.75, 3.05) is 31.2 Å². The first kappa shape index (κ1) is 27.6. The molecule has 3 aliphatic rings. The van der Waals surface area contributed by atoms with Crippen molar-refractivity contribution in [2.24, 2.45) is 11.8 Å². The van der Waals surface area contributed by atoms with Gasteiger partial charge in [0.25, 0.3) is 5.91 Å². The second kappa shape index (κ2) is 10.8. The number of aliphatic hydroxyl groups is 1. The van der Waals surface area contributed by atoms with Crippen LogP contribution < -0.4 is 4.90 Å². The van der Waals surface area contributed by atoms with E-state index in [0.717, 1.165) is 5.56 Å². The van der Waals surface area contributed by atoms with Crippen molar-refractivity contribution in [1.29, 1.82) is 0 Å². The Morgan fingerprint density at radius 2 is 2.08 bits per heavy atom. The summed E-state index contributed by atoms with van der Waals surface area (Å²) in [6.07, 6.45) is 4.23. The molecule has 1 N–H and O–H groups in total. The van der Waals surface area contributed by atoms with Crippen molar-refractivity contribution in [3.8, 4) is 0 Å². The van der Waals surface area contributed by atoms with Crippen LogP contribution in [-0.2, 0) is 23.9 Å². The SMILES string of the molecule is C=CCN(C(=O)C1N(CCCCO)C(=O)[C@@H]2[C@H](C(=O)OCC)[C@]3(CC)CCC12O3)c1c(C)cccc1Cl. The van der Waals surface area contributed by atoms with Gasteiger partial charge in [-0.3, -0.25) is 14.4 Å². The number of anilines is 1. The highest BCUT2D eigenvalue weighted by Crippen LogP contribution is 2.64. The van der Waals surface area contributed by atoms with Gasteiger partial charge in [0.2, 0.25) is 5.91 Å². The summed E-state index contributed by atoms with van der Waals surface area (Å²) in [5, 5.41) is 9.79. The number of hydrogen-bond acceptors (Lipinski definition) is 6. The zero-order chi connectivity index (χ0) is 27.0. The summed E-state index contributed by atoms with van der Waals surface area (Å²) in [5.41, 5.74) is -0.600. The molecule has 4 rings (SSSR count). The van der Waals surface area contributed by atoms with E-state index in [4.69, 9.17) is 21.1 Å². The number of carbonyl (C=O) groups excluding carboxylic acids is 3. The molecule has 0 aromatic heterocycles. The van der Waals surface area contributed by atoms with Crippen molar-refractivity contribution in [3.63, 3.8) is 0 Å². The van der Waals surface area contributed by atoms with Crippen molar-refractivity contribution < 1.29 is 29.0 Å². The molecule has 0 saturated carbocycles. The lowest BCUT2D eigenvalue weighted by Gasteiger charge is -2.37. The lowest BCUT2D eigenvalue weighted by molar-refractivity contribution is -0.160. The van der Waals surface area contributed by atoms with Crippen LogP contribution in [0.3, 0.4) is 0 Å². The van der Waals surface area contributed by atoms with E-state index in [2.05, 4.69) is 6.58 Å². The predicted octanol–water partition coefficient (Wildman–Crippen LogP) is 3.66. The molecule has 8 nitrogen and oxygen atoms in total. The van der Waals surface area contributed by atoms with Gasteiger partial charge >= 0.3 is 5.97 Å². The number of aliphatic hydroxyl groups excluding tert-OH is 1. The Bertz CT molecular complexity index is 1060. The highest BCUT2D eigenvalue weighted by Gasteiger charge is 2.79. The summed E-state index contributed by atoms with van der Waals surface area (Å²) in [4.78, 5) is 45.0. The summed E-state index contributed by atoms with van der Waals surface area (Å²) in [5.74, 6) is -2.60. The first-order valence-electron chi connectivity index (χ1n) is 13.2. The van der Waals surface area contributed by atoms with Gasteiger partial charge in [0.1, 0.15) is 17.6 Å². The van der Waals surface area contributed by atoms with Crippen molar-refractivity contribution in [3.05, 3.63) is 41.4 Å². The normalized spacial score (nSPS) is 29.9. The number of nitrogens with zero attached hydrogens (tertiary/aromatic N) is 2. The van der Waals surface area contributed by atoms with Gasteiger partial charge in [-0.15, -0.1) is 6.58 Å². The Balaban J connectivity index is 1.83. The first-order chi connectivity index (χ1) is 17.7. The van der Waals surface area contributed by atoms with Gasteiger partial charge in [-0.1, -0.05) is 36.7 Å². The minimum Gasteiger partial charge on any atom is -0.466 e. The van der Waals surface area contributed by atoms with Crippen LogP contribution >= 0.6 is 11.6 Å². The quantitative estimate of drug-likeness (QED) is 0.265. The van der Waals surface area contributed by atoms with E-state index in [1.165, 1.54) is 0 Å². The average Bonchev–Trinajstić information content (AvgIpc) is 3.47. The maximum Gasteiger partial charge on any atom is 0.312 e. The number of hydrogen-bond donors (Lipinski definition) is 1. The number of amides is 2. The Morgan fingerprint density at radius 1 is 1.32 bits per heavy atom. The number of esters is 1. The summed E-state index contributed by atoms with van der Waals surface area (Å²) in [6.45, 7) is 10.1. The smallest absolute Gasteiger partial charge is 0.312 e. The number of para-hydroxylation sites is 1. The second-order valence-electron chi connectivity index (χ2n) is 10.2. The van der Waals surface area contributed by atoms with Crippen molar-refractivity contribution in [1.82, 2.24) is 4.90 Å². The lowest BCUT2D eigenvalue weighted by Crippen LogP contribution is -2.56. The van der Waals surface area contributed by atoms with Gasteiger partial charge in [-0.25, -0.2) is 0 Å². The first-order valence-corrected chi connectivity index (χ1v) is 13.6. The molecule has 2 unspecified atom stereocenters. The van der Waals surface area contributed by atoms with E-state index >= 15 is 0 Å². The summed E-state index contributed by atoms with van der Waals surface area (Å²) in [6, 6.07) is 4.49. The van der Waals surface area contributed by atoms with Crippen molar-refractivity contribution >= 4 is 35.1 Å². The van der Waals surface area contributed by atoms with Gasteiger partial charge in [-0.05, 0) is 57.6 Å². The van der Waals surface area contributed by atoms with Gasteiger partial charge in [-0.2, -0.15) is 0 Å². The van der Waals surface area contributed by atoms with E-state index in [9.17, 15) is 19.5 Å². The van der Waals surface area contributed by atoms with Crippen LogP contribution in [0.4, 0.5) is 5.69 Å². The largest absolute Gasteiger partial charge is 0.466 e. The minimum absolute atomic E-state index is 0.0164. The maximum absolute atomic E-state index is 14.5. The zero-order valence-electron chi connectivity index (χ0n) is 21.9. The monoisotopic (exact) mass is 532 g/mol. The third-order valence-corrected chi connectivity index (χ3v) is 8.60. The highest BCUT2D eigenvalue weighted by atomic mass is 35.5. The molecule has 9 heteroatoms. The minimum atomic E-state index is -1.14. The standard InChI is InChI=1S/C28H37ClN2O6/c1-5-15-30(22-18(4)11-10-12-19(22)29)25(34)23-28-14-13-27(6-2,37-28)21(26(35)36-7-3)20(28)24(33)31(23)16-8-9-17-32/h5,10-12,20-21,23,32H,1,6-9,13-17H2,2-4H3/t20-,21+,23?,27-,28?/m0/s1. The number of ether oxygens (including phenoxy) is 2. The second-order valence-corrected chi connectivity index (χ2v) is 10.6. The molecule has 0 radical (unpaired) electrons. The molecule has 2 amide bonds. The van der Waals surface area contributed by atoms with Gasteiger partial charge in [0.05, 0.1) is 28.8 Å². The molecule has 2 bridgehead atoms. The van der Waals surface area contributed by atoms with E-state index in [0.29, 0.717) is 42.8 Å². The third-order valence-electron chi connectivity index (χ3n) is 8.30.